The number of carbonyl (C=O) groups excluding carboxylic acids is 1. The van der Waals surface area contributed by atoms with Crippen LogP contribution in [0.2, 0.25) is 5.15 Å². The zero-order chi connectivity index (χ0) is 12.4. The van der Waals surface area contributed by atoms with E-state index in [-0.39, 0.29) is 23.1 Å². The van der Waals surface area contributed by atoms with Crippen molar-refractivity contribution < 1.29 is 9.90 Å². The first kappa shape index (κ1) is 12.3. The fourth-order valence-corrected chi connectivity index (χ4v) is 2.28. The Morgan fingerprint density at radius 2 is 2.47 bits per heavy atom. The minimum Gasteiger partial charge on any atom is -0.393 e. The first-order valence-corrected chi connectivity index (χ1v) is 6.05. The molecule has 2 atom stereocenters. The quantitative estimate of drug-likeness (QED) is 0.816. The number of hydrogen-bond donors (Lipinski definition) is 1. The predicted octanol–water partition coefficient (Wildman–Crippen LogP) is 1.58. The van der Waals surface area contributed by atoms with Gasteiger partial charge in [-0.3, -0.25) is 4.79 Å². The number of pyridine rings is 1. The van der Waals surface area contributed by atoms with Gasteiger partial charge in [-0.1, -0.05) is 11.6 Å². The van der Waals surface area contributed by atoms with Gasteiger partial charge in [0, 0.05) is 25.2 Å². The number of hydrogen-bond acceptors (Lipinski definition) is 3. The minimum absolute atomic E-state index is 0.105. The summed E-state index contributed by atoms with van der Waals surface area (Å²) in [7, 11) is 0. The van der Waals surface area contributed by atoms with Crippen molar-refractivity contribution in [3.8, 4) is 0 Å². The van der Waals surface area contributed by atoms with Crippen molar-refractivity contribution in [2.45, 2.75) is 19.4 Å². The van der Waals surface area contributed by atoms with Crippen LogP contribution in [0, 0.1) is 5.92 Å². The molecule has 1 aliphatic heterocycles. The Balaban J connectivity index is 2.10. The van der Waals surface area contributed by atoms with Crippen molar-refractivity contribution in [1.82, 2.24) is 9.88 Å². The number of likely N-dealkylation sites (tertiary alicyclic amines) is 1. The number of aliphatic hydroxyl groups excluding tert-OH is 1. The lowest BCUT2D eigenvalue weighted by Crippen LogP contribution is -2.30. The summed E-state index contributed by atoms with van der Waals surface area (Å²) in [6.07, 6.45) is 2.01. The van der Waals surface area contributed by atoms with E-state index in [1.54, 1.807) is 30.2 Å². The van der Waals surface area contributed by atoms with Crippen LogP contribution in [0.1, 0.15) is 23.7 Å². The molecular weight excluding hydrogens is 240 g/mol. The van der Waals surface area contributed by atoms with Gasteiger partial charge in [0.1, 0.15) is 5.15 Å². The van der Waals surface area contributed by atoms with Gasteiger partial charge in [0.05, 0.1) is 11.7 Å². The third-order valence-electron chi connectivity index (χ3n) is 3.18. The Bertz CT molecular complexity index is 423. The van der Waals surface area contributed by atoms with Crippen LogP contribution < -0.4 is 0 Å². The number of halogens is 1. The van der Waals surface area contributed by atoms with Crippen LogP contribution in [-0.2, 0) is 0 Å². The summed E-state index contributed by atoms with van der Waals surface area (Å²) in [5, 5.41) is 9.73. The van der Waals surface area contributed by atoms with Crippen LogP contribution >= 0.6 is 11.6 Å². The zero-order valence-corrected chi connectivity index (χ0v) is 10.4. The summed E-state index contributed by atoms with van der Waals surface area (Å²) in [5.74, 6) is 0.0562. The Labute approximate surface area is 105 Å². The molecule has 0 aromatic carbocycles. The van der Waals surface area contributed by atoms with Gasteiger partial charge in [0.2, 0.25) is 0 Å². The highest BCUT2D eigenvalue weighted by Crippen LogP contribution is 2.23. The van der Waals surface area contributed by atoms with Gasteiger partial charge in [-0.05, 0) is 25.5 Å². The summed E-state index contributed by atoms with van der Waals surface area (Å²) in [5.41, 5.74) is 0.431. The zero-order valence-electron chi connectivity index (χ0n) is 9.64. The standard InChI is InChI=1S/C12H15ClN2O2/c1-8(16)9-4-6-15(7-9)12(17)10-3-2-5-14-11(10)13/h2-3,5,8-9,16H,4,6-7H2,1H3. The normalized spacial score (nSPS) is 21.6. The molecule has 4 nitrogen and oxygen atoms in total. The van der Waals surface area contributed by atoms with Crippen molar-refractivity contribution in [3.05, 3.63) is 29.0 Å². The third kappa shape index (κ3) is 2.58. The van der Waals surface area contributed by atoms with E-state index in [9.17, 15) is 9.90 Å². The topological polar surface area (TPSA) is 53.4 Å². The van der Waals surface area contributed by atoms with Crippen molar-refractivity contribution in [2.24, 2.45) is 5.92 Å². The molecule has 1 aromatic rings. The van der Waals surface area contributed by atoms with E-state index in [1.165, 1.54) is 0 Å². The highest BCUT2D eigenvalue weighted by molar-refractivity contribution is 6.32. The van der Waals surface area contributed by atoms with E-state index in [0.717, 1.165) is 6.42 Å². The molecule has 1 fully saturated rings. The van der Waals surface area contributed by atoms with Crippen LogP contribution in [0.4, 0.5) is 0 Å². The van der Waals surface area contributed by atoms with Crippen LogP contribution in [0.5, 0.6) is 0 Å². The number of carbonyl (C=O) groups is 1. The third-order valence-corrected chi connectivity index (χ3v) is 3.48. The maximum Gasteiger partial charge on any atom is 0.256 e. The van der Waals surface area contributed by atoms with E-state index in [2.05, 4.69) is 4.98 Å². The molecule has 92 valence electrons. The highest BCUT2D eigenvalue weighted by Gasteiger charge is 2.30. The lowest BCUT2D eigenvalue weighted by Gasteiger charge is -2.18. The van der Waals surface area contributed by atoms with Crippen molar-refractivity contribution in [2.75, 3.05) is 13.1 Å². The lowest BCUT2D eigenvalue weighted by atomic mass is 10.0. The van der Waals surface area contributed by atoms with Crippen molar-refractivity contribution >= 4 is 17.5 Å². The number of nitrogens with zero attached hydrogens (tertiary/aromatic N) is 2. The maximum absolute atomic E-state index is 12.2. The summed E-state index contributed by atoms with van der Waals surface area (Å²) in [4.78, 5) is 17.8. The SMILES string of the molecule is CC(O)C1CCN(C(=O)c2cccnc2Cl)C1. The molecule has 1 N–H and O–H groups in total. The molecule has 1 amide bonds. The van der Waals surface area contributed by atoms with Crippen LogP contribution in [-0.4, -0.2) is 40.1 Å². The molecule has 1 saturated heterocycles. The second-order valence-electron chi connectivity index (χ2n) is 4.38. The molecule has 5 heteroatoms. The molecule has 0 aliphatic carbocycles. The van der Waals surface area contributed by atoms with E-state index in [4.69, 9.17) is 11.6 Å². The first-order valence-electron chi connectivity index (χ1n) is 5.67. The molecule has 0 saturated carbocycles. The molecule has 1 aliphatic rings. The largest absolute Gasteiger partial charge is 0.393 e. The van der Waals surface area contributed by atoms with Crippen LogP contribution in [0.25, 0.3) is 0 Å². The highest BCUT2D eigenvalue weighted by atomic mass is 35.5. The molecular formula is C12H15ClN2O2. The smallest absolute Gasteiger partial charge is 0.256 e. The molecule has 17 heavy (non-hydrogen) atoms. The second-order valence-corrected chi connectivity index (χ2v) is 4.74. The lowest BCUT2D eigenvalue weighted by molar-refractivity contribution is 0.0762. The minimum atomic E-state index is -0.378. The van der Waals surface area contributed by atoms with Crippen molar-refractivity contribution in [3.63, 3.8) is 0 Å². The van der Waals surface area contributed by atoms with Gasteiger partial charge in [0.15, 0.2) is 0 Å². The number of aromatic nitrogens is 1. The van der Waals surface area contributed by atoms with Gasteiger partial charge in [-0.2, -0.15) is 0 Å². The molecule has 0 spiro atoms. The van der Waals surface area contributed by atoms with E-state index >= 15 is 0 Å². The number of amides is 1. The molecule has 0 radical (unpaired) electrons. The Kier molecular flexibility index (Phi) is 3.64. The average Bonchev–Trinajstić information content (AvgIpc) is 2.78. The summed E-state index contributed by atoms with van der Waals surface area (Å²) < 4.78 is 0. The molecule has 2 unspecified atom stereocenters. The Morgan fingerprint density at radius 1 is 1.71 bits per heavy atom. The summed E-state index contributed by atoms with van der Waals surface area (Å²) in [6.45, 7) is 3.01. The number of rotatable bonds is 2. The van der Waals surface area contributed by atoms with E-state index < -0.39 is 0 Å². The summed E-state index contributed by atoms with van der Waals surface area (Å²) >= 11 is 5.89. The fourth-order valence-electron chi connectivity index (χ4n) is 2.08. The molecule has 0 bridgehead atoms. The van der Waals surface area contributed by atoms with Gasteiger partial charge >= 0.3 is 0 Å². The average molecular weight is 255 g/mol. The van der Waals surface area contributed by atoms with Crippen LogP contribution in [0.15, 0.2) is 18.3 Å². The molecule has 1 aromatic heterocycles. The van der Waals surface area contributed by atoms with Gasteiger partial charge in [0.25, 0.3) is 5.91 Å². The fraction of sp³-hybridized carbons (Fsp3) is 0.500. The van der Waals surface area contributed by atoms with Crippen LogP contribution in [0.3, 0.4) is 0 Å². The maximum atomic E-state index is 12.2. The Morgan fingerprint density at radius 3 is 3.06 bits per heavy atom. The predicted molar refractivity (Wildman–Crippen MR) is 64.9 cm³/mol. The van der Waals surface area contributed by atoms with Gasteiger partial charge < -0.3 is 10.0 Å². The van der Waals surface area contributed by atoms with E-state index in [0.29, 0.717) is 18.7 Å². The Hall–Kier alpha value is -1.13. The van der Waals surface area contributed by atoms with E-state index in [1.807, 2.05) is 0 Å². The molecule has 2 heterocycles. The summed E-state index contributed by atoms with van der Waals surface area (Å²) in [6, 6.07) is 3.37. The molecule has 2 rings (SSSR count). The second kappa shape index (κ2) is 5.02. The van der Waals surface area contributed by atoms with Gasteiger partial charge in [-0.25, -0.2) is 4.98 Å². The van der Waals surface area contributed by atoms with Gasteiger partial charge in [-0.15, -0.1) is 0 Å². The number of aliphatic hydroxyl groups is 1. The monoisotopic (exact) mass is 254 g/mol. The van der Waals surface area contributed by atoms with Crippen molar-refractivity contribution in [1.29, 1.82) is 0 Å². The first-order chi connectivity index (χ1) is 8.09.